The SMILES string of the molecule is Brc1ccc(SCc2noc(CNC3CCCC3)n2)cc1. The molecule has 3 rings (SSSR count). The number of thioether (sulfide) groups is 1. The molecular weight excluding hydrogens is 350 g/mol. The van der Waals surface area contributed by atoms with Crippen LogP contribution in [0.1, 0.15) is 37.4 Å². The maximum atomic E-state index is 5.29. The predicted octanol–water partition coefficient (Wildman–Crippen LogP) is 4.16. The van der Waals surface area contributed by atoms with Gasteiger partial charge in [0.2, 0.25) is 5.89 Å². The third-order valence-corrected chi connectivity index (χ3v) is 5.13. The van der Waals surface area contributed by atoms with Crippen molar-refractivity contribution in [1.29, 1.82) is 0 Å². The monoisotopic (exact) mass is 367 g/mol. The lowest BCUT2D eigenvalue weighted by Gasteiger charge is -2.08. The first-order valence-corrected chi connectivity index (χ1v) is 9.01. The van der Waals surface area contributed by atoms with Crippen molar-refractivity contribution in [2.24, 2.45) is 0 Å². The van der Waals surface area contributed by atoms with Crippen LogP contribution in [0.3, 0.4) is 0 Å². The largest absolute Gasteiger partial charge is 0.338 e. The van der Waals surface area contributed by atoms with Crippen LogP contribution in [0.5, 0.6) is 0 Å². The van der Waals surface area contributed by atoms with Crippen LogP contribution in [-0.4, -0.2) is 16.2 Å². The van der Waals surface area contributed by atoms with Crippen LogP contribution in [0.4, 0.5) is 0 Å². The Bertz CT molecular complexity index is 567. The van der Waals surface area contributed by atoms with E-state index in [0.29, 0.717) is 18.5 Å². The van der Waals surface area contributed by atoms with Crippen molar-refractivity contribution in [3.05, 3.63) is 40.5 Å². The number of nitrogens with one attached hydrogen (secondary N) is 1. The lowest BCUT2D eigenvalue weighted by Crippen LogP contribution is -2.25. The van der Waals surface area contributed by atoms with Crippen LogP contribution < -0.4 is 5.32 Å². The summed E-state index contributed by atoms with van der Waals surface area (Å²) in [6.45, 7) is 0.681. The van der Waals surface area contributed by atoms with Gasteiger partial charge in [0, 0.05) is 15.4 Å². The van der Waals surface area contributed by atoms with Crippen LogP contribution in [0.25, 0.3) is 0 Å². The summed E-state index contributed by atoms with van der Waals surface area (Å²) in [4.78, 5) is 5.64. The molecule has 0 bridgehead atoms. The van der Waals surface area contributed by atoms with E-state index in [1.54, 1.807) is 11.8 Å². The third kappa shape index (κ3) is 4.56. The maximum Gasteiger partial charge on any atom is 0.240 e. The van der Waals surface area contributed by atoms with Crippen molar-refractivity contribution in [2.75, 3.05) is 0 Å². The van der Waals surface area contributed by atoms with Crippen molar-refractivity contribution < 1.29 is 4.52 Å². The van der Waals surface area contributed by atoms with Gasteiger partial charge in [0.15, 0.2) is 5.82 Å². The van der Waals surface area contributed by atoms with Crippen molar-refractivity contribution in [3.8, 4) is 0 Å². The van der Waals surface area contributed by atoms with E-state index in [1.807, 2.05) is 12.1 Å². The van der Waals surface area contributed by atoms with Gasteiger partial charge in [0.05, 0.1) is 12.3 Å². The Balaban J connectivity index is 1.46. The van der Waals surface area contributed by atoms with Gasteiger partial charge in [-0.2, -0.15) is 4.98 Å². The molecule has 1 aliphatic carbocycles. The molecule has 0 spiro atoms. The Labute approximate surface area is 137 Å². The van der Waals surface area contributed by atoms with Gasteiger partial charge in [-0.1, -0.05) is 33.9 Å². The van der Waals surface area contributed by atoms with Gasteiger partial charge in [-0.15, -0.1) is 11.8 Å². The van der Waals surface area contributed by atoms with E-state index in [0.717, 1.165) is 16.0 Å². The van der Waals surface area contributed by atoms with Crippen LogP contribution in [0.2, 0.25) is 0 Å². The summed E-state index contributed by atoms with van der Waals surface area (Å²) in [5.41, 5.74) is 0. The predicted molar refractivity (Wildman–Crippen MR) is 87.1 cm³/mol. The molecule has 21 heavy (non-hydrogen) atoms. The molecular formula is C15H18BrN3OS. The number of rotatable bonds is 6. The van der Waals surface area contributed by atoms with Gasteiger partial charge in [-0.05, 0) is 37.1 Å². The fourth-order valence-corrected chi connectivity index (χ4v) is 3.47. The summed E-state index contributed by atoms with van der Waals surface area (Å²) >= 11 is 5.15. The lowest BCUT2D eigenvalue weighted by molar-refractivity contribution is 0.354. The average Bonchev–Trinajstić information content (AvgIpc) is 3.16. The molecule has 112 valence electrons. The second-order valence-corrected chi connectivity index (χ2v) is 7.17. The van der Waals surface area contributed by atoms with Crippen LogP contribution in [0, 0.1) is 0 Å². The summed E-state index contributed by atoms with van der Waals surface area (Å²) in [5, 5.41) is 7.52. The summed E-state index contributed by atoms with van der Waals surface area (Å²) in [6, 6.07) is 8.86. The number of hydrogen-bond donors (Lipinski definition) is 1. The Kier molecular flexibility index (Phi) is 5.32. The number of hydrogen-bond acceptors (Lipinski definition) is 5. The summed E-state index contributed by atoms with van der Waals surface area (Å²) in [5.74, 6) is 2.17. The van der Waals surface area contributed by atoms with E-state index in [4.69, 9.17) is 4.52 Å². The van der Waals surface area contributed by atoms with Gasteiger partial charge >= 0.3 is 0 Å². The Hall–Kier alpha value is -0.850. The van der Waals surface area contributed by atoms with Gasteiger partial charge in [0.25, 0.3) is 0 Å². The van der Waals surface area contributed by atoms with Crippen LogP contribution in [-0.2, 0) is 12.3 Å². The summed E-state index contributed by atoms with van der Waals surface area (Å²) in [7, 11) is 0. The molecule has 1 heterocycles. The molecule has 0 saturated heterocycles. The minimum atomic E-state index is 0.623. The summed E-state index contributed by atoms with van der Waals surface area (Å²) < 4.78 is 6.38. The van der Waals surface area contributed by atoms with E-state index in [9.17, 15) is 0 Å². The van der Waals surface area contributed by atoms with Gasteiger partial charge in [-0.25, -0.2) is 0 Å². The fraction of sp³-hybridized carbons (Fsp3) is 0.467. The molecule has 0 atom stereocenters. The minimum Gasteiger partial charge on any atom is -0.338 e. The molecule has 0 radical (unpaired) electrons. The highest BCUT2D eigenvalue weighted by molar-refractivity contribution is 9.10. The van der Waals surface area contributed by atoms with E-state index in [2.05, 4.69) is 43.5 Å². The topological polar surface area (TPSA) is 51.0 Å². The molecule has 0 aliphatic heterocycles. The van der Waals surface area contributed by atoms with E-state index < -0.39 is 0 Å². The van der Waals surface area contributed by atoms with Crippen molar-refractivity contribution in [3.63, 3.8) is 0 Å². The first-order valence-electron chi connectivity index (χ1n) is 7.23. The second kappa shape index (κ2) is 7.42. The van der Waals surface area contributed by atoms with Crippen molar-refractivity contribution in [2.45, 2.75) is 48.9 Å². The number of benzene rings is 1. The molecule has 4 nitrogen and oxygen atoms in total. The van der Waals surface area contributed by atoms with E-state index in [-0.39, 0.29) is 0 Å². The number of halogens is 1. The highest BCUT2D eigenvalue weighted by atomic mass is 79.9. The molecule has 0 unspecified atom stereocenters. The van der Waals surface area contributed by atoms with Crippen molar-refractivity contribution in [1.82, 2.24) is 15.5 Å². The Morgan fingerprint density at radius 3 is 2.76 bits per heavy atom. The average molecular weight is 368 g/mol. The Morgan fingerprint density at radius 1 is 1.24 bits per heavy atom. The zero-order valence-corrected chi connectivity index (χ0v) is 14.1. The van der Waals surface area contributed by atoms with Gasteiger partial charge in [0.1, 0.15) is 0 Å². The van der Waals surface area contributed by atoms with Crippen LogP contribution >= 0.6 is 27.7 Å². The minimum absolute atomic E-state index is 0.623. The molecule has 0 amide bonds. The molecule has 6 heteroatoms. The molecule has 1 N–H and O–H groups in total. The van der Waals surface area contributed by atoms with Gasteiger partial charge in [-0.3, -0.25) is 0 Å². The van der Waals surface area contributed by atoms with Gasteiger partial charge < -0.3 is 9.84 Å². The molecule has 1 saturated carbocycles. The highest BCUT2D eigenvalue weighted by Crippen LogP contribution is 2.23. The smallest absolute Gasteiger partial charge is 0.240 e. The highest BCUT2D eigenvalue weighted by Gasteiger charge is 2.15. The molecule has 1 fully saturated rings. The zero-order valence-electron chi connectivity index (χ0n) is 11.7. The molecule has 1 aliphatic rings. The normalized spacial score (nSPS) is 15.7. The second-order valence-electron chi connectivity index (χ2n) is 5.21. The lowest BCUT2D eigenvalue weighted by atomic mass is 10.2. The molecule has 2 aromatic rings. The zero-order chi connectivity index (χ0) is 14.5. The summed E-state index contributed by atoms with van der Waals surface area (Å²) in [6.07, 6.45) is 5.19. The van der Waals surface area contributed by atoms with E-state index >= 15 is 0 Å². The van der Waals surface area contributed by atoms with E-state index in [1.165, 1.54) is 30.6 Å². The maximum absolute atomic E-state index is 5.29. The molecule has 1 aromatic heterocycles. The third-order valence-electron chi connectivity index (χ3n) is 3.59. The Morgan fingerprint density at radius 2 is 2.00 bits per heavy atom. The molecule has 1 aromatic carbocycles. The van der Waals surface area contributed by atoms with Crippen molar-refractivity contribution >= 4 is 27.7 Å². The number of nitrogens with zero attached hydrogens (tertiary/aromatic N) is 2. The number of aromatic nitrogens is 2. The first-order chi connectivity index (χ1) is 10.3. The fourth-order valence-electron chi connectivity index (χ4n) is 2.46. The van der Waals surface area contributed by atoms with Crippen LogP contribution in [0.15, 0.2) is 38.2 Å². The standard InChI is InChI=1S/C15H18BrN3OS/c16-11-5-7-13(8-6-11)21-10-14-18-15(20-19-14)9-17-12-3-1-2-4-12/h5-8,12,17H,1-4,9-10H2. The quantitative estimate of drug-likeness (QED) is 0.776. The first kappa shape index (κ1) is 15.1.